The number of rotatable bonds is 3. The number of hydrogen-bond acceptors (Lipinski definition) is 2. The third-order valence-electron chi connectivity index (χ3n) is 3.34. The topological polar surface area (TPSA) is 38.0 Å². The van der Waals surface area contributed by atoms with E-state index in [1.54, 1.807) is 6.07 Å². The lowest BCUT2D eigenvalue weighted by atomic mass is 9.92. The van der Waals surface area contributed by atoms with Gasteiger partial charge in [0, 0.05) is 5.02 Å². The fourth-order valence-electron chi connectivity index (χ4n) is 2.52. The number of benzene rings is 1. The second-order valence-corrected chi connectivity index (χ2v) is 4.76. The van der Waals surface area contributed by atoms with Gasteiger partial charge in [-0.2, -0.15) is 0 Å². The van der Waals surface area contributed by atoms with Crippen LogP contribution in [0.1, 0.15) is 37.3 Å². The first kappa shape index (κ1) is 11.8. The number of hydrazine groups is 1. The Hall–Kier alpha value is -0.640. The number of nitrogens with two attached hydrogens (primary N) is 1. The molecule has 0 radical (unpaired) electrons. The lowest BCUT2D eigenvalue weighted by Gasteiger charge is -2.23. The van der Waals surface area contributed by atoms with Crippen molar-refractivity contribution in [3.8, 4) is 0 Å². The van der Waals surface area contributed by atoms with Crippen LogP contribution in [0.2, 0.25) is 5.02 Å². The van der Waals surface area contributed by atoms with Gasteiger partial charge in [0.05, 0.1) is 6.04 Å². The summed E-state index contributed by atoms with van der Waals surface area (Å²) in [5.74, 6) is 5.77. The lowest BCUT2D eigenvalue weighted by Crippen LogP contribution is -2.33. The second kappa shape index (κ2) is 5.13. The number of nitrogens with one attached hydrogen (secondary N) is 1. The van der Waals surface area contributed by atoms with E-state index in [0.29, 0.717) is 10.9 Å². The SMILES string of the molecule is NNC(c1cc(F)ccc1Cl)C1CCCC1. The van der Waals surface area contributed by atoms with E-state index in [4.69, 9.17) is 17.4 Å². The quantitative estimate of drug-likeness (QED) is 0.631. The van der Waals surface area contributed by atoms with Crippen LogP contribution in [0.15, 0.2) is 18.2 Å². The van der Waals surface area contributed by atoms with Crippen molar-refractivity contribution >= 4 is 11.6 Å². The van der Waals surface area contributed by atoms with Crippen molar-refractivity contribution in [1.82, 2.24) is 5.43 Å². The van der Waals surface area contributed by atoms with E-state index in [2.05, 4.69) is 5.43 Å². The van der Waals surface area contributed by atoms with E-state index in [9.17, 15) is 4.39 Å². The molecule has 0 amide bonds. The first-order chi connectivity index (χ1) is 7.72. The Balaban J connectivity index is 2.28. The molecule has 0 spiro atoms. The van der Waals surface area contributed by atoms with Gasteiger partial charge in [-0.3, -0.25) is 11.3 Å². The van der Waals surface area contributed by atoms with Crippen molar-refractivity contribution in [1.29, 1.82) is 0 Å². The average Bonchev–Trinajstić information content (AvgIpc) is 2.78. The molecule has 4 heteroatoms. The summed E-state index contributed by atoms with van der Waals surface area (Å²) in [6.07, 6.45) is 4.69. The first-order valence-corrected chi connectivity index (χ1v) is 6.01. The Morgan fingerprint density at radius 3 is 2.69 bits per heavy atom. The van der Waals surface area contributed by atoms with Gasteiger partial charge in [0.1, 0.15) is 5.82 Å². The van der Waals surface area contributed by atoms with Gasteiger partial charge in [-0.25, -0.2) is 4.39 Å². The van der Waals surface area contributed by atoms with Crippen LogP contribution in [-0.4, -0.2) is 0 Å². The van der Waals surface area contributed by atoms with Crippen LogP contribution in [0.3, 0.4) is 0 Å². The van der Waals surface area contributed by atoms with Gasteiger partial charge in [0.2, 0.25) is 0 Å². The summed E-state index contributed by atoms with van der Waals surface area (Å²) in [6, 6.07) is 4.40. The molecule has 1 aliphatic carbocycles. The molecule has 1 fully saturated rings. The van der Waals surface area contributed by atoms with E-state index in [-0.39, 0.29) is 11.9 Å². The summed E-state index contributed by atoms with van der Waals surface area (Å²) in [6.45, 7) is 0. The molecule has 88 valence electrons. The zero-order valence-electron chi connectivity index (χ0n) is 9.05. The highest BCUT2D eigenvalue weighted by atomic mass is 35.5. The van der Waals surface area contributed by atoms with E-state index < -0.39 is 0 Å². The Bertz CT molecular complexity index is 364. The molecular formula is C12H16ClFN2. The molecule has 2 nitrogen and oxygen atoms in total. The summed E-state index contributed by atoms with van der Waals surface area (Å²) in [5, 5.41) is 0.580. The second-order valence-electron chi connectivity index (χ2n) is 4.35. The van der Waals surface area contributed by atoms with Gasteiger partial charge >= 0.3 is 0 Å². The molecule has 0 aliphatic heterocycles. The Kier molecular flexibility index (Phi) is 3.79. The zero-order valence-corrected chi connectivity index (χ0v) is 9.80. The van der Waals surface area contributed by atoms with Gasteiger partial charge in [0.15, 0.2) is 0 Å². The molecule has 1 atom stereocenters. The highest BCUT2D eigenvalue weighted by Crippen LogP contribution is 2.37. The molecule has 1 aliphatic rings. The largest absolute Gasteiger partial charge is 0.271 e. The van der Waals surface area contributed by atoms with Crippen LogP contribution >= 0.6 is 11.6 Å². The average molecular weight is 243 g/mol. The maximum Gasteiger partial charge on any atom is 0.123 e. The molecule has 0 bridgehead atoms. The van der Waals surface area contributed by atoms with Gasteiger partial charge in [-0.1, -0.05) is 24.4 Å². The van der Waals surface area contributed by atoms with Crippen LogP contribution in [-0.2, 0) is 0 Å². The third kappa shape index (κ3) is 2.37. The summed E-state index contributed by atoms with van der Waals surface area (Å²) < 4.78 is 13.2. The van der Waals surface area contributed by atoms with E-state index in [1.165, 1.54) is 25.0 Å². The lowest BCUT2D eigenvalue weighted by molar-refractivity contribution is 0.372. The molecule has 3 N–H and O–H groups in total. The fraction of sp³-hybridized carbons (Fsp3) is 0.500. The Morgan fingerprint density at radius 1 is 1.38 bits per heavy atom. The standard InChI is InChI=1S/C12H16ClFN2/c13-11-6-5-9(14)7-10(11)12(16-15)8-3-1-2-4-8/h5-8,12,16H,1-4,15H2. The molecule has 0 heterocycles. The maximum atomic E-state index is 13.2. The molecular weight excluding hydrogens is 227 g/mol. The normalized spacial score (nSPS) is 18.9. The Labute approximate surface area is 99.9 Å². The molecule has 2 rings (SSSR count). The minimum Gasteiger partial charge on any atom is -0.271 e. The fourth-order valence-corrected chi connectivity index (χ4v) is 2.76. The number of halogens is 2. The van der Waals surface area contributed by atoms with Crippen molar-refractivity contribution in [2.75, 3.05) is 0 Å². The van der Waals surface area contributed by atoms with Crippen molar-refractivity contribution in [3.05, 3.63) is 34.6 Å². The highest BCUT2D eigenvalue weighted by molar-refractivity contribution is 6.31. The molecule has 1 aromatic carbocycles. The monoisotopic (exact) mass is 242 g/mol. The van der Waals surface area contributed by atoms with Crippen LogP contribution in [0.5, 0.6) is 0 Å². The van der Waals surface area contributed by atoms with Crippen molar-refractivity contribution in [2.24, 2.45) is 11.8 Å². The predicted octanol–water partition coefficient (Wildman–Crippen LogP) is 3.17. The van der Waals surface area contributed by atoms with E-state index >= 15 is 0 Å². The van der Waals surface area contributed by atoms with E-state index in [1.807, 2.05) is 0 Å². The van der Waals surface area contributed by atoms with Crippen LogP contribution in [0, 0.1) is 11.7 Å². The molecule has 1 saturated carbocycles. The van der Waals surface area contributed by atoms with Crippen molar-refractivity contribution in [2.45, 2.75) is 31.7 Å². The highest BCUT2D eigenvalue weighted by Gasteiger charge is 2.27. The molecule has 16 heavy (non-hydrogen) atoms. The molecule has 1 aromatic rings. The van der Waals surface area contributed by atoms with Crippen LogP contribution in [0.4, 0.5) is 4.39 Å². The van der Waals surface area contributed by atoms with Gasteiger partial charge in [-0.05, 0) is 42.5 Å². The van der Waals surface area contributed by atoms with Crippen molar-refractivity contribution in [3.63, 3.8) is 0 Å². The molecule has 0 aromatic heterocycles. The maximum absolute atomic E-state index is 13.2. The molecule has 0 saturated heterocycles. The smallest absolute Gasteiger partial charge is 0.123 e. The minimum absolute atomic E-state index is 0.0364. The van der Waals surface area contributed by atoms with Gasteiger partial charge in [0.25, 0.3) is 0 Å². The van der Waals surface area contributed by atoms with E-state index in [0.717, 1.165) is 18.4 Å². The summed E-state index contributed by atoms with van der Waals surface area (Å²) >= 11 is 6.09. The first-order valence-electron chi connectivity index (χ1n) is 5.63. The predicted molar refractivity (Wildman–Crippen MR) is 63.4 cm³/mol. The van der Waals surface area contributed by atoms with Crippen LogP contribution < -0.4 is 11.3 Å². The Morgan fingerprint density at radius 2 is 2.06 bits per heavy atom. The third-order valence-corrected chi connectivity index (χ3v) is 3.69. The van der Waals surface area contributed by atoms with Crippen LogP contribution in [0.25, 0.3) is 0 Å². The molecule has 1 unspecified atom stereocenters. The zero-order chi connectivity index (χ0) is 11.5. The summed E-state index contributed by atoms with van der Waals surface area (Å²) in [7, 11) is 0. The minimum atomic E-state index is -0.266. The van der Waals surface area contributed by atoms with Gasteiger partial charge in [-0.15, -0.1) is 0 Å². The van der Waals surface area contributed by atoms with Crippen molar-refractivity contribution < 1.29 is 4.39 Å². The summed E-state index contributed by atoms with van der Waals surface area (Å²) in [4.78, 5) is 0. The van der Waals surface area contributed by atoms with Gasteiger partial charge < -0.3 is 0 Å². The summed E-state index contributed by atoms with van der Waals surface area (Å²) in [5.41, 5.74) is 3.55. The number of hydrogen-bond donors (Lipinski definition) is 2.